The predicted octanol–water partition coefficient (Wildman–Crippen LogP) is 2.83. The largest absolute Gasteiger partial charge is 0.494 e. The Balaban J connectivity index is 2.57. The van der Waals surface area contributed by atoms with Crippen LogP contribution in [0, 0.1) is 5.82 Å². The van der Waals surface area contributed by atoms with E-state index >= 15 is 0 Å². The van der Waals surface area contributed by atoms with Crippen LogP contribution in [0.3, 0.4) is 0 Å². The summed E-state index contributed by atoms with van der Waals surface area (Å²) in [5, 5.41) is 3.48. The minimum atomic E-state index is -0.311. The van der Waals surface area contributed by atoms with E-state index in [1.165, 1.54) is 13.2 Å². The standard InChI is InChI=1S/C15H25FN2O/c1-11(8-9-18(3)4)17-12(2)13-6-7-15(19-5)14(16)10-13/h6-7,10-12,17H,8-9H2,1-5H3. The Kier molecular flexibility index (Phi) is 6.25. The maximum atomic E-state index is 13.6. The molecule has 0 radical (unpaired) electrons. The third-order valence-corrected chi connectivity index (χ3v) is 3.22. The number of hydrogen-bond donors (Lipinski definition) is 1. The average molecular weight is 268 g/mol. The highest BCUT2D eigenvalue weighted by Gasteiger charge is 2.12. The lowest BCUT2D eigenvalue weighted by Crippen LogP contribution is -2.31. The van der Waals surface area contributed by atoms with E-state index in [2.05, 4.69) is 31.2 Å². The summed E-state index contributed by atoms with van der Waals surface area (Å²) in [5.41, 5.74) is 0.940. The molecule has 1 N–H and O–H groups in total. The molecule has 0 fully saturated rings. The van der Waals surface area contributed by atoms with E-state index in [0.29, 0.717) is 6.04 Å². The molecule has 0 heterocycles. The molecular weight excluding hydrogens is 243 g/mol. The van der Waals surface area contributed by atoms with Crippen LogP contribution in [0.1, 0.15) is 31.9 Å². The van der Waals surface area contributed by atoms with Crippen molar-refractivity contribution in [3.05, 3.63) is 29.6 Å². The van der Waals surface area contributed by atoms with Gasteiger partial charge in [-0.15, -0.1) is 0 Å². The number of ether oxygens (including phenoxy) is 1. The molecule has 19 heavy (non-hydrogen) atoms. The van der Waals surface area contributed by atoms with Crippen LogP contribution in [0.15, 0.2) is 18.2 Å². The van der Waals surface area contributed by atoms with E-state index in [1.54, 1.807) is 6.07 Å². The van der Waals surface area contributed by atoms with E-state index in [1.807, 2.05) is 13.0 Å². The van der Waals surface area contributed by atoms with Crippen molar-refractivity contribution in [2.45, 2.75) is 32.4 Å². The molecule has 1 aromatic rings. The second-order valence-corrected chi connectivity index (χ2v) is 5.28. The Hall–Kier alpha value is -1.13. The van der Waals surface area contributed by atoms with Crippen LogP contribution in [0.2, 0.25) is 0 Å². The minimum Gasteiger partial charge on any atom is -0.494 e. The molecule has 1 aromatic carbocycles. The van der Waals surface area contributed by atoms with Gasteiger partial charge in [-0.2, -0.15) is 0 Å². The summed E-state index contributed by atoms with van der Waals surface area (Å²) in [7, 11) is 5.60. The lowest BCUT2D eigenvalue weighted by atomic mass is 10.1. The normalized spacial score (nSPS) is 14.5. The highest BCUT2D eigenvalue weighted by atomic mass is 19.1. The highest BCUT2D eigenvalue weighted by Crippen LogP contribution is 2.22. The molecule has 2 unspecified atom stereocenters. The molecule has 0 amide bonds. The molecule has 0 aliphatic rings. The first-order valence-corrected chi connectivity index (χ1v) is 6.68. The Bertz CT molecular complexity index is 396. The lowest BCUT2D eigenvalue weighted by Gasteiger charge is -2.22. The van der Waals surface area contributed by atoms with Crippen LogP contribution in [0.5, 0.6) is 5.75 Å². The number of halogens is 1. The monoisotopic (exact) mass is 268 g/mol. The lowest BCUT2D eigenvalue weighted by molar-refractivity contribution is 0.353. The van der Waals surface area contributed by atoms with E-state index in [0.717, 1.165) is 18.5 Å². The summed E-state index contributed by atoms with van der Waals surface area (Å²) in [4.78, 5) is 2.16. The Morgan fingerprint density at radius 2 is 2.00 bits per heavy atom. The molecule has 0 spiro atoms. The number of rotatable bonds is 7. The number of methoxy groups -OCH3 is 1. The van der Waals surface area contributed by atoms with Gasteiger partial charge in [0.2, 0.25) is 0 Å². The first-order chi connectivity index (χ1) is 8.93. The molecular formula is C15H25FN2O. The Morgan fingerprint density at radius 3 is 2.53 bits per heavy atom. The van der Waals surface area contributed by atoms with Crippen molar-refractivity contribution >= 4 is 0 Å². The van der Waals surface area contributed by atoms with Crippen molar-refractivity contribution in [2.24, 2.45) is 0 Å². The van der Waals surface area contributed by atoms with Crippen molar-refractivity contribution in [1.29, 1.82) is 0 Å². The molecule has 0 saturated heterocycles. The summed E-state index contributed by atoms with van der Waals surface area (Å²) < 4.78 is 18.6. The van der Waals surface area contributed by atoms with Crippen LogP contribution >= 0.6 is 0 Å². The molecule has 2 atom stereocenters. The van der Waals surface area contributed by atoms with Crippen molar-refractivity contribution in [3.63, 3.8) is 0 Å². The van der Waals surface area contributed by atoms with E-state index in [9.17, 15) is 4.39 Å². The first-order valence-electron chi connectivity index (χ1n) is 6.68. The number of hydrogen-bond acceptors (Lipinski definition) is 3. The first kappa shape index (κ1) is 15.9. The second kappa shape index (κ2) is 7.46. The average Bonchev–Trinajstić information content (AvgIpc) is 2.36. The molecule has 3 nitrogen and oxygen atoms in total. The van der Waals surface area contributed by atoms with Crippen LogP contribution in [0.4, 0.5) is 4.39 Å². The molecule has 108 valence electrons. The van der Waals surface area contributed by atoms with Gasteiger partial charge in [0.25, 0.3) is 0 Å². The Morgan fingerprint density at radius 1 is 1.32 bits per heavy atom. The second-order valence-electron chi connectivity index (χ2n) is 5.28. The van der Waals surface area contributed by atoms with Crippen molar-refractivity contribution in [1.82, 2.24) is 10.2 Å². The fourth-order valence-corrected chi connectivity index (χ4v) is 2.01. The van der Waals surface area contributed by atoms with Gasteiger partial charge >= 0.3 is 0 Å². The van der Waals surface area contributed by atoms with Gasteiger partial charge in [-0.1, -0.05) is 6.07 Å². The van der Waals surface area contributed by atoms with Gasteiger partial charge in [-0.05, 0) is 58.6 Å². The van der Waals surface area contributed by atoms with Crippen molar-refractivity contribution < 1.29 is 9.13 Å². The molecule has 1 rings (SSSR count). The fourth-order valence-electron chi connectivity index (χ4n) is 2.01. The zero-order valence-corrected chi connectivity index (χ0v) is 12.5. The van der Waals surface area contributed by atoms with Crippen molar-refractivity contribution in [3.8, 4) is 5.75 Å². The predicted molar refractivity (Wildman–Crippen MR) is 77.1 cm³/mol. The number of nitrogens with zero attached hydrogens (tertiary/aromatic N) is 1. The molecule has 0 bridgehead atoms. The third-order valence-electron chi connectivity index (χ3n) is 3.22. The van der Waals surface area contributed by atoms with Gasteiger partial charge in [0, 0.05) is 12.1 Å². The molecule has 4 heteroatoms. The van der Waals surface area contributed by atoms with Gasteiger partial charge in [-0.3, -0.25) is 0 Å². The summed E-state index contributed by atoms with van der Waals surface area (Å²) in [6.45, 7) is 5.24. The molecule has 0 saturated carbocycles. The topological polar surface area (TPSA) is 24.5 Å². The van der Waals surface area contributed by atoms with Crippen LogP contribution in [0.25, 0.3) is 0 Å². The van der Waals surface area contributed by atoms with Crippen LogP contribution in [-0.2, 0) is 0 Å². The zero-order chi connectivity index (χ0) is 14.4. The number of benzene rings is 1. The van der Waals surface area contributed by atoms with E-state index < -0.39 is 0 Å². The maximum absolute atomic E-state index is 13.6. The molecule has 0 aliphatic carbocycles. The summed E-state index contributed by atoms with van der Waals surface area (Å²) in [5.74, 6) is -0.0220. The SMILES string of the molecule is COc1ccc(C(C)NC(C)CCN(C)C)cc1F. The van der Waals surface area contributed by atoms with E-state index in [4.69, 9.17) is 4.74 Å². The minimum absolute atomic E-state index is 0.123. The van der Waals surface area contributed by atoms with Crippen LogP contribution < -0.4 is 10.1 Å². The van der Waals surface area contributed by atoms with Gasteiger partial charge in [0.05, 0.1) is 7.11 Å². The zero-order valence-electron chi connectivity index (χ0n) is 12.5. The summed E-state index contributed by atoms with van der Waals surface area (Å²) in [6.07, 6.45) is 1.07. The van der Waals surface area contributed by atoms with Gasteiger partial charge in [0.15, 0.2) is 11.6 Å². The quantitative estimate of drug-likeness (QED) is 0.823. The van der Waals surface area contributed by atoms with Gasteiger partial charge < -0.3 is 15.0 Å². The van der Waals surface area contributed by atoms with Crippen molar-refractivity contribution in [2.75, 3.05) is 27.7 Å². The number of nitrogens with one attached hydrogen (secondary N) is 1. The Labute approximate surface area is 115 Å². The molecule has 0 aliphatic heterocycles. The summed E-state index contributed by atoms with van der Waals surface area (Å²) >= 11 is 0. The smallest absolute Gasteiger partial charge is 0.165 e. The van der Waals surface area contributed by atoms with E-state index in [-0.39, 0.29) is 17.6 Å². The maximum Gasteiger partial charge on any atom is 0.165 e. The van der Waals surface area contributed by atoms with Gasteiger partial charge in [0.1, 0.15) is 0 Å². The summed E-state index contributed by atoms with van der Waals surface area (Å²) in [6, 6.07) is 5.63. The fraction of sp³-hybridized carbons (Fsp3) is 0.600. The third kappa shape index (κ3) is 5.17. The van der Waals surface area contributed by atoms with Gasteiger partial charge in [-0.25, -0.2) is 4.39 Å². The van der Waals surface area contributed by atoms with Crippen LogP contribution in [-0.4, -0.2) is 38.7 Å². The molecule has 0 aromatic heterocycles. The highest BCUT2D eigenvalue weighted by molar-refractivity contribution is 5.30.